The van der Waals surface area contributed by atoms with Gasteiger partial charge in [0.05, 0.1) is 26.0 Å². The van der Waals surface area contributed by atoms with Crippen molar-refractivity contribution < 1.29 is 14.2 Å². The summed E-state index contributed by atoms with van der Waals surface area (Å²) in [7, 11) is 3.31. The van der Waals surface area contributed by atoms with Crippen LogP contribution in [0.1, 0.15) is 55.7 Å². The molecule has 3 aliphatic rings. The van der Waals surface area contributed by atoms with Gasteiger partial charge in [-0.25, -0.2) is 5.01 Å². The first-order chi connectivity index (χ1) is 14.1. The molecule has 1 saturated carbocycles. The smallest absolute Gasteiger partial charge is 0.198 e. The molecule has 29 heavy (non-hydrogen) atoms. The predicted molar refractivity (Wildman–Crippen MR) is 113 cm³/mol. The summed E-state index contributed by atoms with van der Waals surface area (Å²) in [5, 5.41) is 8.05. The average Bonchev–Trinajstić information content (AvgIpc) is 3.21. The first-order valence-corrected chi connectivity index (χ1v) is 10.6. The minimum absolute atomic E-state index is 0.138. The van der Waals surface area contributed by atoms with E-state index >= 15 is 0 Å². The molecule has 0 N–H and O–H groups in total. The zero-order valence-electron chi connectivity index (χ0n) is 16.8. The Morgan fingerprint density at radius 3 is 2.59 bits per heavy atom. The maximum atomic E-state index is 6.61. The number of ether oxygens (including phenoxy) is 3. The number of methoxy groups -OCH3 is 2. The summed E-state index contributed by atoms with van der Waals surface area (Å²) in [5.74, 6) is 2.38. The fourth-order valence-corrected chi connectivity index (χ4v) is 5.06. The summed E-state index contributed by atoms with van der Waals surface area (Å²) in [5.41, 5.74) is 2.85. The second-order valence-corrected chi connectivity index (χ2v) is 8.41. The molecule has 0 aromatic heterocycles. The van der Waals surface area contributed by atoms with Gasteiger partial charge in [-0.15, -0.1) is 0 Å². The van der Waals surface area contributed by atoms with Gasteiger partial charge in [-0.1, -0.05) is 18.0 Å². The van der Waals surface area contributed by atoms with E-state index in [1.54, 1.807) is 14.2 Å². The average molecular weight is 413 g/mol. The Bertz CT molecular complexity index is 969. The highest BCUT2D eigenvalue weighted by Gasteiger charge is 2.50. The van der Waals surface area contributed by atoms with Crippen LogP contribution in [0.25, 0.3) is 0 Å². The zero-order valence-corrected chi connectivity index (χ0v) is 17.5. The number of nitrogens with zero attached hydrogens (tertiary/aromatic N) is 2. The van der Waals surface area contributed by atoms with E-state index in [2.05, 4.69) is 5.01 Å². The van der Waals surface area contributed by atoms with E-state index in [0.717, 1.165) is 65.5 Å². The lowest BCUT2D eigenvalue weighted by Crippen LogP contribution is -2.54. The van der Waals surface area contributed by atoms with E-state index in [-0.39, 0.29) is 11.8 Å². The Morgan fingerprint density at radius 2 is 1.83 bits per heavy atom. The van der Waals surface area contributed by atoms with Crippen molar-refractivity contribution in [1.29, 1.82) is 0 Å². The van der Waals surface area contributed by atoms with Gasteiger partial charge in [0.25, 0.3) is 0 Å². The van der Waals surface area contributed by atoms with Crippen LogP contribution in [0.4, 0.5) is 0 Å². The number of benzene rings is 2. The third-order valence-corrected chi connectivity index (χ3v) is 6.55. The Balaban J connectivity index is 1.58. The van der Waals surface area contributed by atoms with Crippen LogP contribution in [0.5, 0.6) is 17.2 Å². The minimum atomic E-state index is -0.359. The SMILES string of the molecule is COc1ccc(C2=NN3[C@H](C2)c2cc(Cl)ccc2OC32CCCCC2)cc1OC. The van der Waals surface area contributed by atoms with Gasteiger partial charge in [-0.3, -0.25) is 0 Å². The molecule has 2 aromatic rings. The van der Waals surface area contributed by atoms with Gasteiger partial charge in [0.1, 0.15) is 5.75 Å². The van der Waals surface area contributed by atoms with Crippen LogP contribution in [-0.4, -0.2) is 30.7 Å². The molecule has 1 spiro atoms. The third-order valence-electron chi connectivity index (χ3n) is 6.31. The first kappa shape index (κ1) is 18.6. The highest BCUT2D eigenvalue weighted by atomic mass is 35.5. The van der Waals surface area contributed by atoms with Crippen molar-refractivity contribution in [2.75, 3.05) is 14.2 Å². The normalized spacial score (nSPS) is 21.8. The highest BCUT2D eigenvalue weighted by molar-refractivity contribution is 6.30. The van der Waals surface area contributed by atoms with E-state index in [1.165, 1.54) is 6.42 Å². The quantitative estimate of drug-likeness (QED) is 0.661. The molecule has 6 heteroatoms. The predicted octanol–water partition coefficient (Wildman–Crippen LogP) is 5.56. The van der Waals surface area contributed by atoms with Gasteiger partial charge >= 0.3 is 0 Å². The van der Waals surface area contributed by atoms with Gasteiger partial charge in [0.2, 0.25) is 0 Å². The molecule has 5 rings (SSSR count). The maximum Gasteiger partial charge on any atom is 0.198 e. The van der Waals surface area contributed by atoms with Gasteiger partial charge in [-0.05, 0) is 49.2 Å². The van der Waals surface area contributed by atoms with Crippen molar-refractivity contribution in [3.05, 3.63) is 52.5 Å². The highest BCUT2D eigenvalue weighted by Crippen LogP contribution is 2.51. The van der Waals surface area contributed by atoms with Crippen LogP contribution in [-0.2, 0) is 0 Å². The van der Waals surface area contributed by atoms with Crippen molar-refractivity contribution >= 4 is 17.3 Å². The second kappa shape index (κ2) is 7.13. The van der Waals surface area contributed by atoms with Gasteiger partial charge in [0, 0.05) is 35.4 Å². The van der Waals surface area contributed by atoms with E-state index in [4.69, 9.17) is 30.9 Å². The number of fused-ring (bicyclic) bond motifs is 4. The van der Waals surface area contributed by atoms with E-state index in [9.17, 15) is 0 Å². The Morgan fingerprint density at radius 1 is 1.03 bits per heavy atom. The molecule has 5 nitrogen and oxygen atoms in total. The number of halogens is 1. The third kappa shape index (κ3) is 3.03. The summed E-state index contributed by atoms with van der Waals surface area (Å²) in [4.78, 5) is 0. The van der Waals surface area contributed by atoms with Crippen LogP contribution < -0.4 is 14.2 Å². The summed E-state index contributed by atoms with van der Waals surface area (Å²) in [6.45, 7) is 0. The molecule has 0 radical (unpaired) electrons. The lowest BCUT2D eigenvalue weighted by Gasteiger charge is -2.49. The number of hydrazone groups is 1. The molecule has 2 aromatic carbocycles. The van der Waals surface area contributed by atoms with Crippen LogP contribution in [0.15, 0.2) is 41.5 Å². The van der Waals surface area contributed by atoms with Gasteiger partial charge < -0.3 is 14.2 Å². The van der Waals surface area contributed by atoms with Gasteiger partial charge in [0.15, 0.2) is 17.2 Å². The lowest BCUT2D eigenvalue weighted by molar-refractivity contribution is -0.140. The molecule has 152 valence electrons. The Kier molecular flexibility index (Phi) is 4.58. The van der Waals surface area contributed by atoms with Crippen LogP contribution in [0, 0.1) is 0 Å². The first-order valence-electron chi connectivity index (χ1n) is 10.2. The van der Waals surface area contributed by atoms with Crippen molar-refractivity contribution in [2.24, 2.45) is 5.10 Å². The topological polar surface area (TPSA) is 43.3 Å². The number of hydrogen-bond donors (Lipinski definition) is 0. The van der Waals surface area contributed by atoms with Crippen LogP contribution in [0.3, 0.4) is 0 Å². The molecular weight excluding hydrogens is 388 g/mol. The Hall–Kier alpha value is -2.40. The Labute approximate surface area is 176 Å². The molecule has 1 fully saturated rings. The monoisotopic (exact) mass is 412 g/mol. The van der Waals surface area contributed by atoms with Crippen molar-refractivity contribution in [3.63, 3.8) is 0 Å². The lowest BCUT2D eigenvalue weighted by atomic mass is 9.86. The molecule has 1 atom stereocenters. The summed E-state index contributed by atoms with van der Waals surface area (Å²) < 4.78 is 17.5. The van der Waals surface area contributed by atoms with Crippen molar-refractivity contribution in [3.8, 4) is 17.2 Å². The fraction of sp³-hybridized carbons (Fsp3) is 0.435. The fourth-order valence-electron chi connectivity index (χ4n) is 4.88. The van der Waals surface area contributed by atoms with Crippen LogP contribution >= 0.6 is 11.6 Å². The molecule has 0 bridgehead atoms. The second-order valence-electron chi connectivity index (χ2n) is 7.97. The van der Waals surface area contributed by atoms with E-state index in [1.807, 2.05) is 36.4 Å². The molecule has 2 heterocycles. The summed E-state index contributed by atoms with van der Waals surface area (Å²) in [6, 6.07) is 12.1. The maximum absolute atomic E-state index is 6.61. The van der Waals surface area contributed by atoms with Crippen molar-refractivity contribution in [1.82, 2.24) is 5.01 Å². The number of rotatable bonds is 3. The van der Waals surface area contributed by atoms with Crippen LogP contribution in [0.2, 0.25) is 5.02 Å². The minimum Gasteiger partial charge on any atom is -0.493 e. The van der Waals surface area contributed by atoms with E-state index < -0.39 is 0 Å². The molecule has 0 unspecified atom stereocenters. The molecular formula is C23H25ClN2O3. The standard InChI is InChI=1S/C23H25ClN2O3/c1-27-21-8-6-15(12-22(21)28-2)18-14-19-17-13-16(24)7-9-20(17)29-23(26(19)25-18)10-4-3-5-11-23/h6-9,12-13,19H,3-5,10-11,14H2,1-2H3/t19-/m1/s1. The molecule has 2 aliphatic heterocycles. The zero-order chi connectivity index (χ0) is 20.0. The molecule has 0 saturated heterocycles. The summed E-state index contributed by atoms with van der Waals surface area (Å²) >= 11 is 6.33. The molecule has 0 amide bonds. The van der Waals surface area contributed by atoms with Crippen molar-refractivity contribution in [2.45, 2.75) is 50.3 Å². The number of hydrogen-bond acceptors (Lipinski definition) is 5. The summed E-state index contributed by atoms with van der Waals surface area (Å²) in [6.07, 6.45) is 6.38. The molecule has 1 aliphatic carbocycles. The van der Waals surface area contributed by atoms with E-state index in [0.29, 0.717) is 5.75 Å². The van der Waals surface area contributed by atoms with Gasteiger partial charge in [-0.2, -0.15) is 5.10 Å². The largest absolute Gasteiger partial charge is 0.493 e.